The molecule has 0 saturated carbocycles. The summed E-state index contributed by atoms with van der Waals surface area (Å²) < 4.78 is 34.0. The van der Waals surface area contributed by atoms with Crippen molar-refractivity contribution in [1.82, 2.24) is 14.5 Å². The normalized spacial score (nSPS) is 17.7. The van der Waals surface area contributed by atoms with Crippen molar-refractivity contribution in [2.75, 3.05) is 20.2 Å². The first-order valence-corrected chi connectivity index (χ1v) is 12.6. The van der Waals surface area contributed by atoms with Crippen molar-refractivity contribution in [3.8, 4) is 0 Å². The van der Waals surface area contributed by atoms with Crippen molar-refractivity contribution in [3.63, 3.8) is 0 Å². The summed E-state index contributed by atoms with van der Waals surface area (Å²) in [6, 6.07) is 9.30. The molecule has 0 bridgehead atoms. The SMILES string of the molecule is CC(C)Cn1c(CN(C)CCC2CCCCO2)cnc1S(=O)(=O)Cc1ccccc1. The zero-order valence-corrected chi connectivity index (χ0v) is 19.3. The summed E-state index contributed by atoms with van der Waals surface area (Å²) in [4.78, 5) is 6.60. The van der Waals surface area contributed by atoms with Crippen LogP contribution in [0.2, 0.25) is 0 Å². The van der Waals surface area contributed by atoms with Gasteiger partial charge in [0.2, 0.25) is 15.0 Å². The standard InChI is InChI=1S/C23H35N3O3S/c1-19(2)16-26-21(17-25(3)13-12-22-11-7-8-14-29-22)15-24-23(26)30(27,28)18-20-9-5-4-6-10-20/h4-6,9-10,15,19,22H,7-8,11-14,16-18H2,1-3H3. The lowest BCUT2D eigenvalue weighted by atomic mass is 10.1. The van der Waals surface area contributed by atoms with E-state index in [-0.39, 0.29) is 10.9 Å². The first-order chi connectivity index (χ1) is 14.3. The molecule has 1 aliphatic heterocycles. The van der Waals surface area contributed by atoms with Crippen LogP contribution in [-0.2, 0) is 33.4 Å². The molecule has 7 heteroatoms. The number of ether oxygens (including phenoxy) is 1. The highest BCUT2D eigenvalue weighted by molar-refractivity contribution is 7.90. The van der Waals surface area contributed by atoms with E-state index < -0.39 is 9.84 Å². The van der Waals surface area contributed by atoms with Crippen LogP contribution < -0.4 is 0 Å². The van der Waals surface area contributed by atoms with Crippen LogP contribution in [0.3, 0.4) is 0 Å². The summed E-state index contributed by atoms with van der Waals surface area (Å²) in [5.74, 6) is 0.293. The molecule has 1 unspecified atom stereocenters. The molecule has 3 rings (SSSR count). The summed E-state index contributed by atoms with van der Waals surface area (Å²) in [5.41, 5.74) is 1.73. The molecule has 1 saturated heterocycles. The minimum absolute atomic E-state index is 0.0305. The van der Waals surface area contributed by atoms with Gasteiger partial charge in [0, 0.05) is 26.2 Å². The van der Waals surface area contributed by atoms with Gasteiger partial charge in [-0.3, -0.25) is 0 Å². The lowest BCUT2D eigenvalue weighted by Crippen LogP contribution is -2.28. The van der Waals surface area contributed by atoms with Crippen LogP contribution in [0.25, 0.3) is 0 Å². The Hall–Kier alpha value is -1.70. The van der Waals surface area contributed by atoms with Crippen LogP contribution in [0.1, 0.15) is 50.8 Å². The Bertz CT molecular complexity index is 888. The number of hydrogen-bond acceptors (Lipinski definition) is 5. The van der Waals surface area contributed by atoms with E-state index in [4.69, 9.17) is 4.74 Å². The molecule has 2 heterocycles. The van der Waals surface area contributed by atoms with Crippen molar-refractivity contribution in [2.45, 2.75) is 69.6 Å². The minimum Gasteiger partial charge on any atom is -0.378 e. The quantitative estimate of drug-likeness (QED) is 0.568. The third-order valence-corrected chi connectivity index (χ3v) is 7.06. The van der Waals surface area contributed by atoms with Crippen LogP contribution in [0.15, 0.2) is 41.7 Å². The monoisotopic (exact) mass is 433 g/mol. The van der Waals surface area contributed by atoms with Gasteiger partial charge in [-0.05, 0) is 44.2 Å². The van der Waals surface area contributed by atoms with Gasteiger partial charge in [0.05, 0.1) is 23.7 Å². The topological polar surface area (TPSA) is 64.4 Å². The molecular formula is C23H35N3O3S. The van der Waals surface area contributed by atoms with Gasteiger partial charge < -0.3 is 14.2 Å². The van der Waals surface area contributed by atoms with E-state index in [1.165, 1.54) is 12.8 Å². The zero-order valence-electron chi connectivity index (χ0n) is 18.5. The Morgan fingerprint density at radius 1 is 1.23 bits per heavy atom. The van der Waals surface area contributed by atoms with Crippen molar-refractivity contribution in [2.24, 2.45) is 5.92 Å². The van der Waals surface area contributed by atoms with E-state index >= 15 is 0 Å². The Balaban J connectivity index is 1.72. The van der Waals surface area contributed by atoms with Crippen LogP contribution in [0.5, 0.6) is 0 Å². The van der Waals surface area contributed by atoms with Gasteiger partial charge in [-0.15, -0.1) is 0 Å². The molecule has 1 aromatic carbocycles. The highest BCUT2D eigenvalue weighted by atomic mass is 32.2. The summed E-state index contributed by atoms with van der Waals surface area (Å²) >= 11 is 0. The van der Waals surface area contributed by atoms with E-state index in [9.17, 15) is 8.42 Å². The molecule has 30 heavy (non-hydrogen) atoms. The molecule has 0 amide bonds. The number of rotatable bonds is 10. The lowest BCUT2D eigenvalue weighted by molar-refractivity contribution is 0.00631. The van der Waals surface area contributed by atoms with Crippen LogP contribution in [0.4, 0.5) is 0 Å². The Morgan fingerprint density at radius 3 is 2.67 bits per heavy atom. The summed E-state index contributed by atoms with van der Waals surface area (Å²) in [6.07, 6.45) is 6.64. The highest BCUT2D eigenvalue weighted by Crippen LogP contribution is 2.21. The molecule has 1 atom stereocenters. The number of hydrogen-bond donors (Lipinski definition) is 0. The molecule has 1 aromatic heterocycles. The maximum atomic E-state index is 13.1. The molecule has 0 radical (unpaired) electrons. The first-order valence-electron chi connectivity index (χ1n) is 11.0. The van der Waals surface area contributed by atoms with E-state index in [0.717, 1.165) is 37.3 Å². The lowest BCUT2D eigenvalue weighted by Gasteiger charge is -2.25. The first kappa shape index (κ1) is 23.0. The maximum absolute atomic E-state index is 13.1. The number of imidazole rings is 1. The highest BCUT2D eigenvalue weighted by Gasteiger charge is 2.25. The minimum atomic E-state index is -3.52. The third kappa shape index (κ3) is 6.40. The van der Waals surface area contributed by atoms with Crippen LogP contribution in [-0.4, -0.2) is 49.2 Å². The second kappa shape index (κ2) is 10.6. The fraction of sp³-hybridized carbons (Fsp3) is 0.609. The molecule has 0 N–H and O–H groups in total. The average Bonchev–Trinajstić information content (AvgIpc) is 3.10. The second-order valence-electron chi connectivity index (χ2n) is 8.80. The summed E-state index contributed by atoms with van der Waals surface area (Å²) in [7, 11) is -1.44. The Labute approximate surface area is 181 Å². The Morgan fingerprint density at radius 2 is 2.00 bits per heavy atom. The van der Waals surface area contributed by atoms with E-state index in [1.807, 2.05) is 34.9 Å². The van der Waals surface area contributed by atoms with Gasteiger partial charge in [0.1, 0.15) is 0 Å². The molecule has 166 valence electrons. The number of sulfone groups is 1. The van der Waals surface area contributed by atoms with Gasteiger partial charge in [-0.2, -0.15) is 0 Å². The van der Waals surface area contributed by atoms with Crippen LogP contribution >= 0.6 is 0 Å². The largest absolute Gasteiger partial charge is 0.378 e. The molecule has 6 nitrogen and oxygen atoms in total. The molecule has 0 spiro atoms. The molecule has 1 aliphatic rings. The molecular weight excluding hydrogens is 398 g/mol. The predicted molar refractivity (Wildman–Crippen MR) is 119 cm³/mol. The Kier molecular flexibility index (Phi) is 8.08. The van der Waals surface area contributed by atoms with Crippen LogP contribution in [0, 0.1) is 5.92 Å². The van der Waals surface area contributed by atoms with E-state index in [0.29, 0.717) is 25.1 Å². The molecule has 1 fully saturated rings. The van der Waals surface area contributed by atoms with Crippen molar-refractivity contribution in [1.29, 1.82) is 0 Å². The fourth-order valence-electron chi connectivity index (χ4n) is 3.94. The van der Waals surface area contributed by atoms with E-state index in [1.54, 1.807) is 6.20 Å². The van der Waals surface area contributed by atoms with Gasteiger partial charge in [0.15, 0.2) is 0 Å². The average molecular weight is 434 g/mol. The molecule has 0 aliphatic carbocycles. The van der Waals surface area contributed by atoms with Crippen molar-refractivity contribution < 1.29 is 13.2 Å². The number of aromatic nitrogens is 2. The second-order valence-corrected chi connectivity index (χ2v) is 10.7. The zero-order chi connectivity index (χ0) is 21.6. The van der Waals surface area contributed by atoms with Gasteiger partial charge in [0.25, 0.3) is 0 Å². The number of nitrogens with zero attached hydrogens (tertiary/aromatic N) is 3. The maximum Gasteiger partial charge on any atom is 0.228 e. The third-order valence-electron chi connectivity index (χ3n) is 5.47. The summed E-state index contributed by atoms with van der Waals surface area (Å²) in [6.45, 7) is 7.30. The smallest absolute Gasteiger partial charge is 0.228 e. The van der Waals surface area contributed by atoms with Crippen molar-refractivity contribution >= 4 is 9.84 Å². The summed E-state index contributed by atoms with van der Waals surface area (Å²) in [5, 5.41) is 0.180. The fourth-order valence-corrected chi connectivity index (χ4v) is 5.44. The predicted octanol–water partition coefficient (Wildman–Crippen LogP) is 3.90. The van der Waals surface area contributed by atoms with Crippen molar-refractivity contribution in [3.05, 3.63) is 47.8 Å². The number of benzene rings is 1. The van der Waals surface area contributed by atoms with Gasteiger partial charge >= 0.3 is 0 Å². The molecule has 2 aromatic rings. The van der Waals surface area contributed by atoms with Gasteiger partial charge in [-0.1, -0.05) is 44.2 Å². The van der Waals surface area contributed by atoms with E-state index in [2.05, 4.69) is 30.8 Å². The van der Waals surface area contributed by atoms with Gasteiger partial charge in [-0.25, -0.2) is 13.4 Å².